The highest BCUT2D eigenvalue weighted by atomic mass is 16.5. The molecule has 1 aliphatic rings. The maximum absolute atomic E-state index is 13.6. The molecule has 0 fully saturated rings. The summed E-state index contributed by atoms with van der Waals surface area (Å²) in [6.45, 7) is 3.46. The van der Waals surface area contributed by atoms with Crippen LogP contribution < -0.4 is 9.64 Å². The molecule has 8 heteroatoms. The van der Waals surface area contributed by atoms with Gasteiger partial charge in [-0.25, -0.2) is 14.5 Å². The van der Waals surface area contributed by atoms with Gasteiger partial charge in [-0.2, -0.15) is 5.10 Å². The average molecular weight is 533 g/mol. The zero-order valence-corrected chi connectivity index (χ0v) is 22.5. The van der Waals surface area contributed by atoms with Crippen LogP contribution in [0.2, 0.25) is 0 Å². The largest absolute Gasteiger partial charge is 0.497 e. The Morgan fingerprint density at radius 3 is 2.45 bits per heavy atom. The van der Waals surface area contributed by atoms with Gasteiger partial charge < -0.3 is 14.4 Å². The van der Waals surface area contributed by atoms with Gasteiger partial charge in [-0.15, -0.1) is 0 Å². The van der Waals surface area contributed by atoms with E-state index in [9.17, 15) is 9.59 Å². The van der Waals surface area contributed by atoms with Crippen LogP contribution in [0, 0.1) is 6.92 Å². The summed E-state index contributed by atoms with van der Waals surface area (Å²) < 4.78 is 12.7. The van der Waals surface area contributed by atoms with Crippen LogP contribution in [0.3, 0.4) is 0 Å². The molecule has 1 atom stereocenters. The van der Waals surface area contributed by atoms with E-state index in [-0.39, 0.29) is 18.6 Å². The molecule has 40 heavy (non-hydrogen) atoms. The van der Waals surface area contributed by atoms with Crippen LogP contribution >= 0.6 is 0 Å². The molecule has 0 aliphatic carbocycles. The lowest BCUT2D eigenvalue weighted by Gasteiger charge is -2.22. The number of benzene rings is 3. The van der Waals surface area contributed by atoms with Crippen molar-refractivity contribution >= 4 is 28.6 Å². The number of amides is 1. The number of para-hydroxylation sites is 2. The summed E-state index contributed by atoms with van der Waals surface area (Å²) >= 11 is 0. The smallest absolute Gasteiger partial charge is 0.339 e. The van der Waals surface area contributed by atoms with Crippen LogP contribution in [0.1, 0.15) is 28.5 Å². The van der Waals surface area contributed by atoms with Crippen molar-refractivity contribution in [1.29, 1.82) is 0 Å². The van der Waals surface area contributed by atoms with Crippen LogP contribution in [0.5, 0.6) is 5.75 Å². The molecule has 0 spiro atoms. The molecule has 200 valence electrons. The summed E-state index contributed by atoms with van der Waals surface area (Å²) in [5.41, 5.74) is 5.63. The first-order valence-corrected chi connectivity index (χ1v) is 13.1. The van der Waals surface area contributed by atoms with Crippen molar-refractivity contribution in [3.8, 4) is 22.7 Å². The predicted octanol–water partition coefficient (Wildman–Crippen LogP) is 5.54. The lowest BCUT2D eigenvalue weighted by atomic mass is 10.1. The van der Waals surface area contributed by atoms with E-state index in [1.807, 2.05) is 92.7 Å². The first-order valence-electron chi connectivity index (χ1n) is 13.1. The lowest BCUT2D eigenvalue weighted by molar-refractivity contribution is -0.122. The van der Waals surface area contributed by atoms with Gasteiger partial charge in [0.2, 0.25) is 0 Å². The molecule has 0 saturated heterocycles. The first-order chi connectivity index (χ1) is 19.4. The Hall–Kier alpha value is -4.98. The van der Waals surface area contributed by atoms with Gasteiger partial charge in [0.25, 0.3) is 5.91 Å². The second-order valence-electron chi connectivity index (χ2n) is 9.84. The van der Waals surface area contributed by atoms with Crippen LogP contribution in [-0.2, 0) is 16.0 Å². The Balaban J connectivity index is 1.38. The standard InChI is InChI=1S/C32H28N4O4/c1-20-17-23-9-7-8-12-28(23)35(20)29(37)19-40-32(38)26-18-27(22-13-15-25(39-3)16-14-22)33-31-30(26)21(2)34-36(31)24-10-5-4-6-11-24/h4-16,18,20H,17,19H2,1-3H3. The Labute approximate surface area is 231 Å². The average Bonchev–Trinajstić information content (AvgIpc) is 3.51. The number of pyridine rings is 1. The highest BCUT2D eigenvalue weighted by molar-refractivity contribution is 6.06. The molecular weight excluding hydrogens is 504 g/mol. The molecule has 3 heterocycles. The summed E-state index contributed by atoms with van der Waals surface area (Å²) in [5.74, 6) is -0.152. The summed E-state index contributed by atoms with van der Waals surface area (Å²) in [4.78, 5) is 33.5. The minimum Gasteiger partial charge on any atom is -0.497 e. The van der Waals surface area contributed by atoms with Gasteiger partial charge in [0, 0.05) is 17.3 Å². The van der Waals surface area contributed by atoms with Crippen molar-refractivity contribution in [3.63, 3.8) is 0 Å². The minimum absolute atomic E-state index is 0.00995. The fourth-order valence-electron chi connectivity index (χ4n) is 5.33. The number of hydrogen-bond acceptors (Lipinski definition) is 6. The molecule has 1 unspecified atom stereocenters. The number of esters is 1. The second kappa shape index (κ2) is 10.3. The summed E-state index contributed by atoms with van der Waals surface area (Å²) in [6, 6.07) is 26.6. The fourth-order valence-corrected chi connectivity index (χ4v) is 5.33. The zero-order chi connectivity index (χ0) is 27.8. The van der Waals surface area contributed by atoms with Crippen molar-refractivity contribution in [2.45, 2.75) is 26.3 Å². The van der Waals surface area contributed by atoms with Gasteiger partial charge in [0.05, 0.1) is 35.1 Å². The third-order valence-electron chi connectivity index (χ3n) is 7.22. The predicted molar refractivity (Wildman–Crippen MR) is 153 cm³/mol. The van der Waals surface area contributed by atoms with E-state index < -0.39 is 5.97 Å². The quantitative estimate of drug-likeness (QED) is 0.267. The van der Waals surface area contributed by atoms with Gasteiger partial charge in [-0.05, 0) is 74.4 Å². The monoisotopic (exact) mass is 532 g/mol. The summed E-state index contributed by atoms with van der Waals surface area (Å²) in [5, 5.41) is 5.29. The van der Waals surface area contributed by atoms with Crippen LogP contribution in [0.15, 0.2) is 84.9 Å². The summed E-state index contributed by atoms with van der Waals surface area (Å²) in [7, 11) is 1.61. The third kappa shape index (κ3) is 4.47. The van der Waals surface area contributed by atoms with Gasteiger partial charge in [0.15, 0.2) is 12.3 Å². The van der Waals surface area contributed by atoms with Crippen LogP contribution in [0.25, 0.3) is 28.0 Å². The van der Waals surface area contributed by atoms with Gasteiger partial charge in [-0.1, -0.05) is 36.4 Å². The molecule has 0 saturated carbocycles. The zero-order valence-electron chi connectivity index (χ0n) is 22.5. The minimum atomic E-state index is -0.605. The van der Waals surface area contributed by atoms with E-state index in [0.29, 0.717) is 33.7 Å². The van der Waals surface area contributed by atoms with E-state index in [1.165, 1.54) is 0 Å². The second-order valence-corrected chi connectivity index (χ2v) is 9.84. The number of hydrogen-bond donors (Lipinski definition) is 0. The number of nitrogens with zero attached hydrogens (tertiary/aromatic N) is 4. The van der Waals surface area contributed by atoms with Crippen LogP contribution in [0.4, 0.5) is 5.69 Å². The Morgan fingerprint density at radius 2 is 1.70 bits per heavy atom. The number of ether oxygens (including phenoxy) is 2. The van der Waals surface area contributed by atoms with Gasteiger partial charge in [-0.3, -0.25) is 4.79 Å². The highest BCUT2D eigenvalue weighted by Gasteiger charge is 2.31. The topological polar surface area (TPSA) is 86.5 Å². The number of methoxy groups -OCH3 is 1. The molecule has 6 rings (SSSR count). The molecule has 0 N–H and O–H groups in total. The van der Waals surface area contributed by atoms with Crippen molar-refractivity contribution in [3.05, 3.63) is 102 Å². The third-order valence-corrected chi connectivity index (χ3v) is 7.22. The van der Waals surface area contributed by atoms with Crippen molar-refractivity contribution in [1.82, 2.24) is 14.8 Å². The number of anilines is 1. The SMILES string of the molecule is COc1ccc(-c2cc(C(=O)OCC(=O)N3c4ccccc4CC3C)c3c(C)nn(-c4ccccc4)c3n2)cc1. The van der Waals surface area contributed by atoms with E-state index in [1.54, 1.807) is 22.8 Å². The Kier molecular flexibility index (Phi) is 6.51. The molecule has 8 nitrogen and oxygen atoms in total. The first kappa shape index (κ1) is 25.3. The number of rotatable bonds is 6. The number of carbonyl (C=O) groups is 2. The molecule has 3 aromatic carbocycles. The van der Waals surface area contributed by atoms with E-state index in [4.69, 9.17) is 19.6 Å². The van der Waals surface area contributed by atoms with Crippen molar-refractivity contribution < 1.29 is 19.1 Å². The number of carbonyl (C=O) groups excluding carboxylic acids is 2. The highest BCUT2D eigenvalue weighted by Crippen LogP contribution is 2.33. The molecular formula is C32H28N4O4. The normalized spacial score (nSPS) is 14.3. The van der Waals surface area contributed by atoms with Crippen molar-refractivity contribution in [2.75, 3.05) is 18.6 Å². The van der Waals surface area contributed by atoms with E-state index in [2.05, 4.69) is 0 Å². The van der Waals surface area contributed by atoms with Gasteiger partial charge >= 0.3 is 5.97 Å². The number of aromatic nitrogens is 3. The maximum atomic E-state index is 13.6. The maximum Gasteiger partial charge on any atom is 0.339 e. The fraction of sp³-hybridized carbons (Fsp3) is 0.188. The molecule has 0 radical (unpaired) electrons. The molecule has 1 amide bonds. The Bertz CT molecular complexity index is 1730. The summed E-state index contributed by atoms with van der Waals surface area (Å²) in [6.07, 6.45) is 0.768. The molecule has 0 bridgehead atoms. The molecule has 1 aliphatic heterocycles. The number of fused-ring (bicyclic) bond motifs is 2. The van der Waals surface area contributed by atoms with E-state index >= 15 is 0 Å². The Morgan fingerprint density at radius 1 is 0.975 bits per heavy atom. The van der Waals surface area contributed by atoms with Gasteiger partial charge in [0.1, 0.15) is 5.75 Å². The van der Waals surface area contributed by atoms with E-state index in [0.717, 1.165) is 28.9 Å². The molecule has 5 aromatic rings. The lowest BCUT2D eigenvalue weighted by Crippen LogP contribution is -2.38. The van der Waals surface area contributed by atoms with Crippen molar-refractivity contribution in [2.24, 2.45) is 0 Å². The van der Waals surface area contributed by atoms with Crippen LogP contribution in [-0.4, -0.2) is 46.4 Å². The molecule has 2 aromatic heterocycles. The number of aryl methyl sites for hydroxylation is 1.